The first-order valence-electron chi connectivity index (χ1n) is 5.50. The van der Waals surface area contributed by atoms with Crippen molar-refractivity contribution in [3.63, 3.8) is 0 Å². The van der Waals surface area contributed by atoms with E-state index < -0.39 is 5.60 Å². The van der Waals surface area contributed by atoms with Crippen molar-refractivity contribution < 1.29 is 14.3 Å². The van der Waals surface area contributed by atoms with Crippen LogP contribution in [0.2, 0.25) is 0 Å². The highest BCUT2D eigenvalue weighted by atomic mass is 16.5. The molecule has 0 aliphatic rings. The molecule has 3 heteroatoms. The standard InChI is InChI=1S/C14H16O3/c1-14(15,9-11-7-8-17-10-11)12-5-3-4-6-13(12)16-2/h3-8,10,15H,9H2,1-2H3. The van der Waals surface area contributed by atoms with Crippen molar-refractivity contribution in [2.45, 2.75) is 18.9 Å². The maximum atomic E-state index is 10.5. The van der Waals surface area contributed by atoms with Gasteiger partial charge in [0.05, 0.1) is 25.2 Å². The van der Waals surface area contributed by atoms with Crippen LogP contribution in [0.15, 0.2) is 47.3 Å². The van der Waals surface area contributed by atoms with Crippen molar-refractivity contribution in [3.05, 3.63) is 54.0 Å². The van der Waals surface area contributed by atoms with Crippen LogP contribution in [-0.4, -0.2) is 12.2 Å². The molecule has 3 nitrogen and oxygen atoms in total. The first-order valence-corrected chi connectivity index (χ1v) is 5.50. The molecule has 17 heavy (non-hydrogen) atoms. The smallest absolute Gasteiger partial charge is 0.124 e. The minimum Gasteiger partial charge on any atom is -0.496 e. The van der Waals surface area contributed by atoms with Crippen LogP contribution in [0.5, 0.6) is 5.75 Å². The molecule has 0 spiro atoms. The van der Waals surface area contributed by atoms with E-state index in [1.165, 1.54) is 0 Å². The predicted octanol–water partition coefficient (Wildman–Crippen LogP) is 2.74. The van der Waals surface area contributed by atoms with Crippen LogP contribution in [0.25, 0.3) is 0 Å². The number of para-hydroxylation sites is 1. The number of furan rings is 1. The second-order valence-electron chi connectivity index (χ2n) is 4.28. The van der Waals surface area contributed by atoms with Crippen LogP contribution in [-0.2, 0) is 12.0 Å². The van der Waals surface area contributed by atoms with Gasteiger partial charge in [0.25, 0.3) is 0 Å². The van der Waals surface area contributed by atoms with Gasteiger partial charge in [0.1, 0.15) is 5.75 Å². The van der Waals surface area contributed by atoms with E-state index in [1.54, 1.807) is 26.6 Å². The highest BCUT2D eigenvalue weighted by molar-refractivity contribution is 5.38. The van der Waals surface area contributed by atoms with Crippen LogP contribution in [0, 0.1) is 0 Å². The number of methoxy groups -OCH3 is 1. The molecule has 1 N–H and O–H groups in total. The fourth-order valence-corrected chi connectivity index (χ4v) is 1.98. The summed E-state index contributed by atoms with van der Waals surface area (Å²) in [5, 5.41) is 10.5. The van der Waals surface area contributed by atoms with Crippen molar-refractivity contribution in [3.8, 4) is 5.75 Å². The molecule has 1 unspecified atom stereocenters. The van der Waals surface area contributed by atoms with Gasteiger partial charge in [-0.1, -0.05) is 18.2 Å². The minimum atomic E-state index is -0.976. The number of rotatable bonds is 4. The van der Waals surface area contributed by atoms with Gasteiger partial charge >= 0.3 is 0 Å². The van der Waals surface area contributed by atoms with Crippen LogP contribution < -0.4 is 4.74 Å². The Hall–Kier alpha value is -1.74. The zero-order chi connectivity index (χ0) is 12.3. The van der Waals surface area contributed by atoms with Gasteiger partial charge in [-0.05, 0) is 24.6 Å². The molecule has 0 radical (unpaired) electrons. The molecule has 2 aromatic rings. The Balaban J connectivity index is 2.30. The molecular weight excluding hydrogens is 216 g/mol. The Bertz CT molecular complexity index is 472. The molecule has 1 aromatic heterocycles. The Morgan fingerprint density at radius 3 is 2.71 bits per heavy atom. The summed E-state index contributed by atoms with van der Waals surface area (Å²) in [6.07, 6.45) is 3.74. The van der Waals surface area contributed by atoms with Gasteiger partial charge in [0.2, 0.25) is 0 Å². The second kappa shape index (κ2) is 4.63. The Kier molecular flexibility index (Phi) is 3.20. The predicted molar refractivity (Wildman–Crippen MR) is 65.0 cm³/mol. The minimum absolute atomic E-state index is 0.490. The fourth-order valence-electron chi connectivity index (χ4n) is 1.98. The first kappa shape index (κ1) is 11.7. The average molecular weight is 232 g/mol. The lowest BCUT2D eigenvalue weighted by Crippen LogP contribution is -2.24. The van der Waals surface area contributed by atoms with Crippen molar-refractivity contribution in [2.75, 3.05) is 7.11 Å². The zero-order valence-electron chi connectivity index (χ0n) is 10.0. The highest BCUT2D eigenvalue weighted by Gasteiger charge is 2.27. The normalized spacial score (nSPS) is 14.3. The van der Waals surface area contributed by atoms with E-state index in [0.717, 1.165) is 11.1 Å². The van der Waals surface area contributed by atoms with E-state index in [0.29, 0.717) is 12.2 Å². The molecule has 2 rings (SSSR count). The molecule has 1 atom stereocenters. The van der Waals surface area contributed by atoms with Crippen molar-refractivity contribution >= 4 is 0 Å². The Morgan fingerprint density at radius 2 is 2.06 bits per heavy atom. The molecule has 0 saturated heterocycles. The van der Waals surface area contributed by atoms with Crippen LogP contribution in [0.3, 0.4) is 0 Å². The molecule has 90 valence electrons. The monoisotopic (exact) mass is 232 g/mol. The van der Waals surface area contributed by atoms with Gasteiger partial charge in [-0.3, -0.25) is 0 Å². The van der Waals surface area contributed by atoms with E-state index in [-0.39, 0.29) is 0 Å². The molecule has 0 aliphatic heterocycles. The molecule has 0 amide bonds. The fraction of sp³-hybridized carbons (Fsp3) is 0.286. The summed E-state index contributed by atoms with van der Waals surface area (Å²) >= 11 is 0. The highest BCUT2D eigenvalue weighted by Crippen LogP contribution is 2.32. The topological polar surface area (TPSA) is 42.6 Å². The summed E-state index contributed by atoms with van der Waals surface area (Å²) in [5.74, 6) is 0.695. The van der Waals surface area contributed by atoms with E-state index >= 15 is 0 Å². The number of aliphatic hydroxyl groups is 1. The molecule has 0 bridgehead atoms. The third-order valence-electron chi connectivity index (χ3n) is 2.82. The number of hydrogen-bond donors (Lipinski definition) is 1. The maximum absolute atomic E-state index is 10.5. The number of benzene rings is 1. The lowest BCUT2D eigenvalue weighted by atomic mass is 9.89. The van der Waals surface area contributed by atoms with E-state index in [1.807, 2.05) is 30.3 Å². The Labute approximate surface area is 101 Å². The maximum Gasteiger partial charge on any atom is 0.124 e. The van der Waals surface area contributed by atoms with Crippen LogP contribution in [0.1, 0.15) is 18.1 Å². The van der Waals surface area contributed by atoms with Gasteiger partial charge in [0, 0.05) is 12.0 Å². The lowest BCUT2D eigenvalue weighted by molar-refractivity contribution is 0.0548. The third-order valence-corrected chi connectivity index (χ3v) is 2.82. The van der Waals surface area contributed by atoms with E-state index in [2.05, 4.69) is 0 Å². The molecule has 0 fully saturated rings. The number of hydrogen-bond acceptors (Lipinski definition) is 3. The largest absolute Gasteiger partial charge is 0.496 e. The van der Waals surface area contributed by atoms with Gasteiger partial charge < -0.3 is 14.3 Å². The van der Waals surface area contributed by atoms with Crippen molar-refractivity contribution in [2.24, 2.45) is 0 Å². The second-order valence-corrected chi connectivity index (χ2v) is 4.28. The molecule has 1 heterocycles. The zero-order valence-corrected chi connectivity index (χ0v) is 10.0. The summed E-state index contributed by atoms with van der Waals surface area (Å²) in [6.45, 7) is 1.78. The quantitative estimate of drug-likeness (QED) is 0.881. The third kappa shape index (κ3) is 2.50. The van der Waals surface area contributed by atoms with Crippen LogP contribution >= 0.6 is 0 Å². The number of ether oxygens (including phenoxy) is 1. The molecule has 0 aliphatic carbocycles. The van der Waals surface area contributed by atoms with Crippen LogP contribution in [0.4, 0.5) is 0 Å². The molecule has 0 saturated carbocycles. The van der Waals surface area contributed by atoms with Crippen molar-refractivity contribution in [1.82, 2.24) is 0 Å². The molecule has 1 aromatic carbocycles. The summed E-state index contributed by atoms with van der Waals surface area (Å²) in [5.41, 5.74) is 0.765. The van der Waals surface area contributed by atoms with Gasteiger partial charge in [-0.25, -0.2) is 0 Å². The average Bonchev–Trinajstić information content (AvgIpc) is 2.81. The SMILES string of the molecule is COc1ccccc1C(C)(O)Cc1ccoc1. The first-order chi connectivity index (χ1) is 8.13. The summed E-state index contributed by atoms with van der Waals surface area (Å²) in [4.78, 5) is 0. The van der Waals surface area contributed by atoms with Gasteiger partial charge in [-0.2, -0.15) is 0 Å². The van der Waals surface area contributed by atoms with E-state index in [9.17, 15) is 5.11 Å². The van der Waals surface area contributed by atoms with E-state index in [4.69, 9.17) is 9.15 Å². The van der Waals surface area contributed by atoms with Crippen molar-refractivity contribution in [1.29, 1.82) is 0 Å². The summed E-state index contributed by atoms with van der Waals surface area (Å²) in [7, 11) is 1.60. The summed E-state index contributed by atoms with van der Waals surface area (Å²) < 4.78 is 10.3. The lowest BCUT2D eigenvalue weighted by Gasteiger charge is -2.25. The van der Waals surface area contributed by atoms with Gasteiger partial charge in [-0.15, -0.1) is 0 Å². The summed E-state index contributed by atoms with van der Waals surface area (Å²) in [6, 6.07) is 9.35. The molecular formula is C14H16O3. The van der Waals surface area contributed by atoms with Gasteiger partial charge in [0.15, 0.2) is 0 Å². The Morgan fingerprint density at radius 1 is 1.29 bits per heavy atom.